The summed E-state index contributed by atoms with van der Waals surface area (Å²) in [5.74, 6) is 2.25. The van der Waals surface area contributed by atoms with Gasteiger partial charge in [-0.15, -0.1) is 0 Å². The molecule has 1 aromatic carbocycles. The first-order valence-electron chi connectivity index (χ1n) is 10.6. The van der Waals surface area contributed by atoms with Crippen LogP contribution in [0.4, 0.5) is 5.82 Å². The molecule has 1 unspecified atom stereocenters. The van der Waals surface area contributed by atoms with E-state index in [1.54, 1.807) is 17.1 Å². The van der Waals surface area contributed by atoms with E-state index in [-0.39, 0.29) is 6.04 Å². The highest BCUT2D eigenvalue weighted by Gasteiger charge is 2.27. The summed E-state index contributed by atoms with van der Waals surface area (Å²) in [4.78, 5) is 14.1. The lowest BCUT2D eigenvalue weighted by Crippen LogP contribution is -2.13. The monoisotopic (exact) mass is 422 g/mol. The Hall–Kier alpha value is -4.04. The SMILES string of the molecule is CC1Cc2cc(-n3c(-c4cccnc4N)nc4ccc(-n5cccn5)nc43)ccc2[C@H]1N. The smallest absolute Gasteiger partial charge is 0.167 e. The molecule has 0 saturated heterocycles. The van der Waals surface area contributed by atoms with Gasteiger partial charge < -0.3 is 11.5 Å². The maximum Gasteiger partial charge on any atom is 0.167 e. The fourth-order valence-electron chi connectivity index (χ4n) is 4.52. The Labute approximate surface area is 184 Å². The molecular formula is C24H22N8. The van der Waals surface area contributed by atoms with Gasteiger partial charge in [-0.1, -0.05) is 13.0 Å². The van der Waals surface area contributed by atoms with Crippen LogP contribution in [0.1, 0.15) is 24.1 Å². The van der Waals surface area contributed by atoms with Crippen LogP contribution < -0.4 is 11.5 Å². The number of anilines is 1. The summed E-state index contributed by atoms with van der Waals surface area (Å²) in [7, 11) is 0. The first-order chi connectivity index (χ1) is 15.6. The molecular weight excluding hydrogens is 400 g/mol. The molecule has 0 aliphatic heterocycles. The normalized spacial score (nSPS) is 17.7. The van der Waals surface area contributed by atoms with Crippen molar-refractivity contribution in [2.45, 2.75) is 19.4 Å². The Morgan fingerprint density at radius 3 is 2.75 bits per heavy atom. The van der Waals surface area contributed by atoms with Crippen molar-refractivity contribution < 1.29 is 0 Å². The molecule has 5 aromatic rings. The molecule has 0 bridgehead atoms. The molecule has 2 atom stereocenters. The van der Waals surface area contributed by atoms with Crippen molar-refractivity contribution >= 4 is 17.0 Å². The van der Waals surface area contributed by atoms with Gasteiger partial charge in [0.25, 0.3) is 0 Å². The molecule has 0 spiro atoms. The van der Waals surface area contributed by atoms with Gasteiger partial charge >= 0.3 is 0 Å². The molecule has 8 nitrogen and oxygen atoms in total. The summed E-state index contributed by atoms with van der Waals surface area (Å²) in [6, 6.07) is 16.0. The Bertz CT molecular complexity index is 1450. The molecule has 4 aromatic heterocycles. The number of aromatic nitrogens is 6. The van der Waals surface area contributed by atoms with E-state index in [2.05, 4.69) is 35.2 Å². The third-order valence-corrected chi connectivity index (χ3v) is 6.21. The van der Waals surface area contributed by atoms with E-state index in [9.17, 15) is 0 Å². The molecule has 158 valence electrons. The van der Waals surface area contributed by atoms with Gasteiger partial charge in [0.2, 0.25) is 0 Å². The van der Waals surface area contributed by atoms with Gasteiger partial charge in [-0.05, 0) is 65.9 Å². The zero-order chi connectivity index (χ0) is 21.8. The first kappa shape index (κ1) is 18.7. The molecule has 0 amide bonds. The fraction of sp³-hybridized carbons (Fsp3) is 0.167. The van der Waals surface area contributed by atoms with E-state index in [0.29, 0.717) is 23.4 Å². The van der Waals surface area contributed by atoms with Gasteiger partial charge in [-0.2, -0.15) is 5.10 Å². The van der Waals surface area contributed by atoms with E-state index in [0.717, 1.165) is 28.8 Å². The van der Waals surface area contributed by atoms with Crippen LogP contribution in [-0.4, -0.2) is 29.3 Å². The summed E-state index contributed by atoms with van der Waals surface area (Å²) in [6.45, 7) is 2.19. The van der Waals surface area contributed by atoms with Crippen molar-refractivity contribution in [3.05, 3.63) is 78.2 Å². The van der Waals surface area contributed by atoms with E-state index in [4.69, 9.17) is 21.4 Å². The minimum absolute atomic E-state index is 0.0663. The average Bonchev–Trinajstić information content (AvgIpc) is 3.52. The van der Waals surface area contributed by atoms with Crippen LogP contribution in [0.5, 0.6) is 0 Å². The molecule has 0 radical (unpaired) electrons. The minimum Gasteiger partial charge on any atom is -0.383 e. The first-order valence-corrected chi connectivity index (χ1v) is 10.6. The second kappa shape index (κ2) is 7.00. The van der Waals surface area contributed by atoms with E-state index >= 15 is 0 Å². The summed E-state index contributed by atoms with van der Waals surface area (Å²) >= 11 is 0. The Balaban J connectivity index is 1.63. The number of nitrogen functional groups attached to an aromatic ring is 1. The lowest BCUT2D eigenvalue weighted by Gasteiger charge is -2.13. The Morgan fingerprint density at radius 1 is 1.03 bits per heavy atom. The van der Waals surface area contributed by atoms with E-state index < -0.39 is 0 Å². The van der Waals surface area contributed by atoms with Gasteiger partial charge in [0.15, 0.2) is 17.3 Å². The van der Waals surface area contributed by atoms with Gasteiger partial charge in [-0.25, -0.2) is 19.6 Å². The van der Waals surface area contributed by atoms with Crippen molar-refractivity contribution in [1.29, 1.82) is 0 Å². The lowest BCUT2D eigenvalue weighted by atomic mass is 10.0. The highest BCUT2D eigenvalue weighted by molar-refractivity contribution is 5.83. The van der Waals surface area contributed by atoms with Crippen molar-refractivity contribution in [2.24, 2.45) is 11.7 Å². The molecule has 4 heterocycles. The summed E-state index contributed by atoms with van der Waals surface area (Å²) < 4.78 is 3.78. The van der Waals surface area contributed by atoms with Crippen LogP contribution in [0.15, 0.2) is 67.1 Å². The van der Waals surface area contributed by atoms with E-state index in [1.807, 2.05) is 41.1 Å². The topological polar surface area (TPSA) is 113 Å². The van der Waals surface area contributed by atoms with Crippen LogP contribution >= 0.6 is 0 Å². The number of benzene rings is 1. The Morgan fingerprint density at radius 2 is 1.94 bits per heavy atom. The number of rotatable bonds is 3. The predicted molar refractivity (Wildman–Crippen MR) is 123 cm³/mol. The third-order valence-electron chi connectivity index (χ3n) is 6.21. The number of pyridine rings is 2. The summed E-state index contributed by atoms with van der Waals surface area (Å²) in [6.07, 6.45) is 6.23. The van der Waals surface area contributed by atoms with Crippen LogP contribution in [0, 0.1) is 5.92 Å². The standard InChI is InChI=1S/C24H22N8/c1-14-12-15-13-16(5-6-17(15)21(14)25)32-23(18-4-2-9-27-22(18)26)29-19-7-8-20(30-24(19)32)31-11-3-10-28-31/h2-11,13-14,21H,12,25H2,1H3,(H2,26,27)/t14?,21-/m0/s1. The van der Waals surface area contributed by atoms with Crippen molar-refractivity contribution in [1.82, 2.24) is 29.3 Å². The molecule has 6 rings (SSSR count). The second-order valence-corrected chi connectivity index (χ2v) is 8.26. The van der Waals surface area contributed by atoms with Crippen LogP contribution in [0.25, 0.3) is 34.1 Å². The second-order valence-electron chi connectivity index (χ2n) is 8.26. The zero-order valence-electron chi connectivity index (χ0n) is 17.6. The zero-order valence-corrected chi connectivity index (χ0v) is 17.6. The van der Waals surface area contributed by atoms with Crippen LogP contribution in [0.3, 0.4) is 0 Å². The molecule has 1 aliphatic carbocycles. The number of hydrogen-bond acceptors (Lipinski definition) is 6. The molecule has 1 aliphatic rings. The average molecular weight is 422 g/mol. The van der Waals surface area contributed by atoms with Gasteiger partial charge in [0, 0.05) is 30.3 Å². The lowest BCUT2D eigenvalue weighted by molar-refractivity contribution is 0.513. The van der Waals surface area contributed by atoms with Crippen molar-refractivity contribution in [2.75, 3.05) is 5.73 Å². The van der Waals surface area contributed by atoms with Crippen molar-refractivity contribution in [3.63, 3.8) is 0 Å². The number of nitrogens with zero attached hydrogens (tertiary/aromatic N) is 6. The molecule has 0 saturated carbocycles. The van der Waals surface area contributed by atoms with Gasteiger partial charge in [-0.3, -0.25) is 4.57 Å². The number of hydrogen-bond donors (Lipinski definition) is 2. The number of fused-ring (bicyclic) bond motifs is 2. The maximum atomic E-state index is 6.40. The maximum absolute atomic E-state index is 6.40. The van der Waals surface area contributed by atoms with Crippen molar-refractivity contribution in [3.8, 4) is 22.9 Å². The number of imidazole rings is 1. The predicted octanol–water partition coefficient (Wildman–Crippen LogP) is 3.44. The molecule has 8 heteroatoms. The van der Waals surface area contributed by atoms with Gasteiger partial charge in [0.1, 0.15) is 11.3 Å². The van der Waals surface area contributed by atoms with Crippen LogP contribution in [0.2, 0.25) is 0 Å². The highest BCUT2D eigenvalue weighted by Crippen LogP contribution is 2.37. The molecule has 32 heavy (non-hydrogen) atoms. The van der Waals surface area contributed by atoms with Crippen LogP contribution in [-0.2, 0) is 6.42 Å². The summed E-state index contributed by atoms with van der Waals surface area (Å²) in [5, 5.41) is 4.32. The molecule has 4 N–H and O–H groups in total. The highest BCUT2D eigenvalue weighted by atomic mass is 15.3. The summed E-state index contributed by atoms with van der Waals surface area (Å²) in [5.41, 5.74) is 18.3. The Kier molecular flexibility index (Phi) is 4.09. The fourth-order valence-corrected chi connectivity index (χ4v) is 4.52. The quantitative estimate of drug-likeness (QED) is 0.460. The minimum atomic E-state index is 0.0663. The largest absolute Gasteiger partial charge is 0.383 e. The molecule has 0 fully saturated rings. The van der Waals surface area contributed by atoms with E-state index in [1.165, 1.54) is 11.1 Å². The number of nitrogens with two attached hydrogens (primary N) is 2. The van der Waals surface area contributed by atoms with Gasteiger partial charge in [0.05, 0.1) is 5.56 Å². The third kappa shape index (κ3) is 2.80.